The molecule has 1 aromatic rings. The van der Waals surface area contributed by atoms with E-state index in [0.717, 1.165) is 0 Å². The molecule has 0 unspecified atom stereocenters. The molecule has 1 heterocycles. The zero-order valence-electron chi connectivity index (χ0n) is 4.33. The van der Waals surface area contributed by atoms with Crippen molar-refractivity contribution < 1.29 is 0 Å². The summed E-state index contributed by atoms with van der Waals surface area (Å²) < 4.78 is 0. The Labute approximate surface area is 73.4 Å². The van der Waals surface area contributed by atoms with Crippen molar-refractivity contribution >= 4 is 38.0 Å². The van der Waals surface area contributed by atoms with E-state index in [-0.39, 0.29) is 38.0 Å². The van der Waals surface area contributed by atoms with Crippen LogP contribution >= 0.6 is 0 Å². The summed E-state index contributed by atoms with van der Waals surface area (Å²) in [5, 5.41) is 0. The average Bonchev–Trinajstić information content (AvgIpc) is 1.72. The quantitative estimate of drug-likeness (QED) is 0.417. The molecule has 0 N–H and O–H groups in total. The SMILES string of the molecule is B.[Na].c1ccncc1. The van der Waals surface area contributed by atoms with Crippen molar-refractivity contribution in [1.29, 1.82) is 0 Å². The number of nitrogens with zero attached hydrogens (tertiary/aromatic N) is 1. The molecule has 0 fully saturated rings. The maximum absolute atomic E-state index is 3.78. The van der Waals surface area contributed by atoms with Crippen LogP contribution in [0.4, 0.5) is 0 Å². The molecule has 3 heteroatoms. The van der Waals surface area contributed by atoms with Crippen LogP contribution in [0.1, 0.15) is 0 Å². The largest absolute Gasteiger partial charge is 0.265 e. The Bertz CT molecular complexity index is 84.4. The van der Waals surface area contributed by atoms with E-state index in [1.165, 1.54) is 0 Å². The smallest absolute Gasteiger partial charge is 0.0814 e. The minimum atomic E-state index is 0. The Morgan fingerprint density at radius 3 is 1.50 bits per heavy atom. The van der Waals surface area contributed by atoms with E-state index in [0.29, 0.717) is 0 Å². The van der Waals surface area contributed by atoms with Gasteiger partial charge in [-0.15, -0.1) is 0 Å². The third-order valence-electron chi connectivity index (χ3n) is 0.566. The van der Waals surface area contributed by atoms with Gasteiger partial charge in [0.15, 0.2) is 0 Å². The maximum Gasteiger partial charge on any atom is 0.0814 e. The van der Waals surface area contributed by atoms with E-state index in [2.05, 4.69) is 4.98 Å². The minimum Gasteiger partial charge on any atom is -0.265 e. The van der Waals surface area contributed by atoms with Gasteiger partial charge in [0.05, 0.1) is 8.41 Å². The Morgan fingerprint density at radius 2 is 1.38 bits per heavy atom. The van der Waals surface area contributed by atoms with Crippen LogP contribution in [0, 0.1) is 0 Å². The van der Waals surface area contributed by atoms with Gasteiger partial charge in [0.2, 0.25) is 0 Å². The molecule has 0 saturated carbocycles. The van der Waals surface area contributed by atoms with Crippen LogP contribution in [0.3, 0.4) is 0 Å². The molecular weight excluding hydrogens is 108 g/mol. The monoisotopic (exact) mass is 116 g/mol. The number of pyridine rings is 1. The summed E-state index contributed by atoms with van der Waals surface area (Å²) in [5.74, 6) is 0. The zero-order chi connectivity index (χ0) is 4.24. The third-order valence-corrected chi connectivity index (χ3v) is 0.566. The first kappa shape index (κ1) is 11.1. The first-order valence-electron chi connectivity index (χ1n) is 1.85. The summed E-state index contributed by atoms with van der Waals surface area (Å²) in [6, 6.07) is 5.72. The van der Waals surface area contributed by atoms with E-state index in [1.807, 2.05) is 18.2 Å². The van der Waals surface area contributed by atoms with Crippen LogP contribution in [-0.4, -0.2) is 43.0 Å². The van der Waals surface area contributed by atoms with Crippen molar-refractivity contribution in [2.45, 2.75) is 0 Å². The molecule has 0 aromatic carbocycles. The molecule has 0 saturated heterocycles. The number of aromatic nitrogens is 1. The Kier molecular flexibility index (Phi) is 9.98. The maximum atomic E-state index is 3.78. The molecule has 0 aliphatic carbocycles. The van der Waals surface area contributed by atoms with Crippen LogP contribution < -0.4 is 0 Å². The molecule has 0 spiro atoms. The van der Waals surface area contributed by atoms with Gasteiger partial charge in [-0.2, -0.15) is 0 Å². The number of hydrogen-bond acceptors (Lipinski definition) is 1. The fourth-order valence-electron chi connectivity index (χ4n) is 0.313. The number of rotatable bonds is 0. The fraction of sp³-hybridized carbons (Fsp3) is 0. The second kappa shape index (κ2) is 7.21. The molecule has 37 valence electrons. The van der Waals surface area contributed by atoms with Crippen molar-refractivity contribution in [2.75, 3.05) is 0 Å². The Balaban J connectivity index is 0. The van der Waals surface area contributed by atoms with Crippen molar-refractivity contribution in [3.63, 3.8) is 0 Å². The normalized spacial score (nSPS) is 6.00. The van der Waals surface area contributed by atoms with E-state index in [9.17, 15) is 0 Å². The van der Waals surface area contributed by atoms with Crippen LogP contribution in [0.15, 0.2) is 30.6 Å². The van der Waals surface area contributed by atoms with Gasteiger partial charge in [0.1, 0.15) is 0 Å². The van der Waals surface area contributed by atoms with Gasteiger partial charge >= 0.3 is 0 Å². The Hall–Kier alpha value is 0.215. The molecular formula is C5H8BNNa. The zero-order valence-corrected chi connectivity index (χ0v) is 6.33. The molecule has 1 rings (SSSR count). The summed E-state index contributed by atoms with van der Waals surface area (Å²) >= 11 is 0. The van der Waals surface area contributed by atoms with Gasteiger partial charge in [0, 0.05) is 42.0 Å². The van der Waals surface area contributed by atoms with E-state index in [4.69, 9.17) is 0 Å². The van der Waals surface area contributed by atoms with E-state index >= 15 is 0 Å². The average molecular weight is 116 g/mol. The van der Waals surface area contributed by atoms with E-state index in [1.54, 1.807) is 12.4 Å². The Morgan fingerprint density at radius 1 is 0.875 bits per heavy atom. The summed E-state index contributed by atoms with van der Waals surface area (Å²) in [4.78, 5) is 3.78. The van der Waals surface area contributed by atoms with Crippen LogP contribution in [0.5, 0.6) is 0 Å². The third kappa shape index (κ3) is 4.38. The van der Waals surface area contributed by atoms with Gasteiger partial charge in [-0.05, 0) is 12.1 Å². The second-order valence-corrected chi connectivity index (χ2v) is 1.02. The second-order valence-electron chi connectivity index (χ2n) is 1.02. The molecule has 0 bridgehead atoms. The predicted octanol–water partition coefficient (Wildman–Crippen LogP) is -0.483. The molecule has 0 aliphatic rings. The van der Waals surface area contributed by atoms with Crippen molar-refractivity contribution in [3.8, 4) is 0 Å². The summed E-state index contributed by atoms with van der Waals surface area (Å²) in [6.07, 6.45) is 3.50. The van der Waals surface area contributed by atoms with Crippen molar-refractivity contribution in [1.82, 2.24) is 4.98 Å². The molecule has 1 radical (unpaired) electrons. The topological polar surface area (TPSA) is 12.9 Å². The molecule has 1 nitrogen and oxygen atoms in total. The molecule has 8 heavy (non-hydrogen) atoms. The predicted molar refractivity (Wildman–Crippen MR) is 39.9 cm³/mol. The summed E-state index contributed by atoms with van der Waals surface area (Å²) in [7, 11) is 0. The molecule has 0 amide bonds. The van der Waals surface area contributed by atoms with Gasteiger partial charge < -0.3 is 0 Å². The van der Waals surface area contributed by atoms with Gasteiger partial charge in [-0.3, -0.25) is 4.98 Å². The summed E-state index contributed by atoms with van der Waals surface area (Å²) in [5.41, 5.74) is 0. The van der Waals surface area contributed by atoms with E-state index < -0.39 is 0 Å². The minimum absolute atomic E-state index is 0. The standard InChI is InChI=1S/C5H5N.BH3.Na/c1-2-4-6-5-3-1;;/h1-5H;1H3;. The molecule has 0 atom stereocenters. The van der Waals surface area contributed by atoms with Crippen molar-refractivity contribution in [2.24, 2.45) is 0 Å². The first-order valence-corrected chi connectivity index (χ1v) is 1.85. The fourth-order valence-corrected chi connectivity index (χ4v) is 0.313. The van der Waals surface area contributed by atoms with Crippen LogP contribution in [-0.2, 0) is 0 Å². The summed E-state index contributed by atoms with van der Waals surface area (Å²) in [6.45, 7) is 0. The van der Waals surface area contributed by atoms with Gasteiger partial charge in [-0.25, -0.2) is 0 Å². The number of hydrogen-bond donors (Lipinski definition) is 0. The van der Waals surface area contributed by atoms with Crippen LogP contribution in [0.25, 0.3) is 0 Å². The first-order chi connectivity index (χ1) is 3.00. The van der Waals surface area contributed by atoms with Crippen molar-refractivity contribution in [3.05, 3.63) is 30.6 Å². The molecule has 0 aliphatic heterocycles. The van der Waals surface area contributed by atoms with Gasteiger partial charge in [0.25, 0.3) is 0 Å². The van der Waals surface area contributed by atoms with Crippen LogP contribution in [0.2, 0.25) is 0 Å². The van der Waals surface area contributed by atoms with Gasteiger partial charge in [-0.1, -0.05) is 6.07 Å². The molecule has 1 aromatic heterocycles.